The average Bonchev–Trinajstić information content (AvgIpc) is 2.57. The molecule has 0 amide bonds. The van der Waals surface area contributed by atoms with Crippen molar-refractivity contribution in [2.75, 3.05) is 27.7 Å². The van der Waals surface area contributed by atoms with Crippen molar-refractivity contribution in [2.45, 2.75) is 104 Å². The fourth-order valence-corrected chi connectivity index (χ4v) is 3.49. The van der Waals surface area contributed by atoms with Crippen molar-refractivity contribution < 1.29 is 0 Å². The van der Waals surface area contributed by atoms with Gasteiger partial charge in [0, 0.05) is 33.2 Å². The lowest BCUT2D eigenvalue weighted by Crippen LogP contribution is -2.53. The molecule has 0 aliphatic rings. The monoisotopic (exact) mass is 339 g/mol. The topological polar surface area (TPSA) is 18.8 Å². The Bertz CT molecular complexity index is 301. The van der Waals surface area contributed by atoms with Gasteiger partial charge >= 0.3 is 0 Å². The van der Waals surface area contributed by atoms with Gasteiger partial charge in [-0.15, -0.1) is 0 Å². The second kappa shape index (κ2) is 13.5. The smallest absolute Gasteiger partial charge is 0.196 e. The molecule has 0 radical (unpaired) electrons. The van der Waals surface area contributed by atoms with E-state index in [2.05, 4.69) is 58.6 Å². The third-order valence-corrected chi connectivity index (χ3v) is 5.16. The summed E-state index contributed by atoms with van der Waals surface area (Å²) in [5.74, 6) is 1.17. The van der Waals surface area contributed by atoms with E-state index in [-0.39, 0.29) is 5.54 Å². The van der Waals surface area contributed by atoms with Gasteiger partial charge in [-0.1, -0.05) is 72.6 Å². The van der Waals surface area contributed by atoms with Crippen LogP contribution in [0.2, 0.25) is 0 Å². The van der Waals surface area contributed by atoms with E-state index in [0.29, 0.717) is 0 Å². The van der Waals surface area contributed by atoms with Crippen molar-refractivity contribution in [3.63, 3.8) is 0 Å². The Labute approximate surface area is 152 Å². The SMILES string of the molecule is CCCCN=C(N(C)C)N(C)C(CCCC)(CCCC)CCCC. The summed E-state index contributed by atoms with van der Waals surface area (Å²) in [4.78, 5) is 9.73. The molecule has 0 unspecified atom stereocenters. The summed E-state index contributed by atoms with van der Waals surface area (Å²) >= 11 is 0. The number of unbranched alkanes of at least 4 members (excludes halogenated alkanes) is 4. The van der Waals surface area contributed by atoms with Gasteiger partial charge in [0.2, 0.25) is 0 Å². The van der Waals surface area contributed by atoms with E-state index in [0.717, 1.165) is 6.54 Å². The van der Waals surface area contributed by atoms with Crippen molar-refractivity contribution >= 4 is 5.96 Å². The van der Waals surface area contributed by atoms with Crippen LogP contribution in [0, 0.1) is 0 Å². The first-order chi connectivity index (χ1) is 11.5. The molecule has 0 aromatic rings. The molecule has 0 fully saturated rings. The van der Waals surface area contributed by atoms with Crippen LogP contribution < -0.4 is 0 Å². The third-order valence-electron chi connectivity index (χ3n) is 5.16. The molecule has 0 saturated heterocycles. The number of hydrogen-bond donors (Lipinski definition) is 0. The first-order valence-electron chi connectivity index (χ1n) is 10.4. The summed E-state index contributed by atoms with van der Waals surface area (Å²) < 4.78 is 0. The van der Waals surface area contributed by atoms with Gasteiger partial charge in [0.25, 0.3) is 0 Å². The zero-order valence-electron chi connectivity index (χ0n) is 17.8. The molecule has 0 saturated carbocycles. The molecule has 0 aromatic heterocycles. The van der Waals surface area contributed by atoms with Gasteiger partial charge in [0.1, 0.15) is 0 Å². The molecule has 0 heterocycles. The van der Waals surface area contributed by atoms with Crippen LogP contribution in [0.4, 0.5) is 0 Å². The van der Waals surface area contributed by atoms with Gasteiger partial charge in [0.05, 0.1) is 0 Å². The Morgan fingerprint density at radius 3 is 1.46 bits per heavy atom. The van der Waals surface area contributed by atoms with E-state index >= 15 is 0 Å². The highest BCUT2D eigenvalue weighted by Gasteiger charge is 2.35. The number of rotatable bonds is 13. The lowest BCUT2D eigenvalue weighted by Gasteiger charge is -2.46. The summed E-state index contributed by atoms with van der Waals surface area (Å²) in [6.45, 7) is 10.1. The fourth-order valence-electron chi connectivity index (χ4n) is 3.49. The highest BCUT2D eigenvalue weighted by Crippen LogP contribution is 2.33. The Morgan fingerprint density at radius 2 is 1.12 bits per heavy atom. The van der Waals surface area contributed by atoms with Gasteiger partial charge in [0.15, 0.2) is 5.96 Å². The summed E-state index contributed by atoms with van der Waals surface area (Å²) in [5.41, 5.74) is 0.275. The molecule has 0 aliphatic carbocycles. The van der Waals surface area contributed by atoms with Crippen LogP contribution in [0.1, 0.15) is 98.3 Å². The number of guanidine groups is 1. The van der Waals surface area contributed by atoms with E-state index in [1.54, 1.807) is 0 Å². The molecule has 0 aliphatic heterocycles. The molecular weight excluding hydrogens is 294 g/mol. The minimum Gasteiger partial charge on any atom is -0.349 e. The maximum Gasteiger partial charge on any atom is 0.196 e. The van der Waals surface area contributed by atoms with Crippen LogP contribution in [0.5, 0.6) is 0 Å². The van der Waals surface area contributed by atoms with Gasteiger partial charge < -0.3 is 9.80 Å². The molecule has 0 rings (SSSR count). The molecule has 0 bridgehead atoms. The zero-order chi connectivity index (χ0) is 18.4. The molecule has 0 aromatic carbocycles. The first-order valence-corrected chi connectivity index (χ1v) is 10.4. The highest BCUT2D eigenvalue weighted by atomic mass is 15.4. The second-order valence-corrected chi connectivity index (χ2v) is 7.52. The van der Waals surface area contributed by atoms with Gasteiger partial charge in [-0.05, 0) is 25.7 Å². The van der Waals surface area contributed by atoms with Crippen LogP contribution in [0.25, 0.3) is 0 Å². The molecule has 24 heavy (non-hydrogen) atoms. The van der Waals surface area contributed by atoms with Crippen LogP contribution in [-0.2, 0) is 0 Å². The van der Waals surface area contributed by atoms with Gasteiger partial charge in [-0.2, -0.15) is 0 Å². The van der Waals surface area contributed by atoms with E-state index in [1.807, 2.05) is 0 Å². The Hall–Kier alpha value is -0.730. The minimum atomic E-state index is 0.275. The fraction of sp³-hybridized carbons (Fsp3) is 0.952. The van der Waals surface area contributed by atoms with Crippen LogP contribution in [0.3, 0.4) is 0 Å². The number of aliphatic imine (C=N–C) groups is 1. The molecule has 3 nitrogen and oxygen atoms in total. The minimum absolute atomic E-state index is 0.275. The lowest BCUT2D eigenvalue weighted by atomic mass is 9.81. The average molecular weight is 340 g/mol. The molecule has 0 spiro atoms. The highest BCUT2D eigenvalue weighted by molar-refractivity contribution is 5.80. The standard InChI is InChI=1S/C21H45N3/c1-8-12-16-21(17-13-9-2,18-14-10-3)24(7)20(23(5)6)22-19-15-11-4/h8-19H2,1-7H3. The van der Waals surface area contributed by atoms with E-state index in [9.17, 15) is 0 Å². The Morgan fingerprint density at radius 1 is 0.708 bits per heavy atom. The number of hydrogen-bond acceptors (Lipinski definition) is 1. The second-order valence-electron chi connectivity index (χ2n) is 7.52. The first kappa shape index (κ1) is 23.3. The van der Waals surface area contributed by atoms with Crippen LogP contribution in [-0.4, -0.2) is 49.0 Å². The van der Waals surface area contributed by atoms with Gasteiger partial charge in [-0.25, -0.2) is 0 Å². The van der Waals surface area contributed by atoms with Crippen molar-refractivity contribution in [3.05, 3.63) is 0 Å². The summed E-state index contributed by atoms with van der Waals surface area (Å²) in [6.07, 6.45) is 14.0. The van der Waals surface area contributed by atoms with Crippen LogP contribution in [0.15, 0.2) is 4.99 Å². The van der Waals surface area contributed by atoms with Crippen molar-refractivity contribution in [1.29, 1.82) is 0 Å². The van der Waals surface area contributed by atoms with Crippen molar-refractivity contribution in [1.82, 2.24) is 9.80 Å². The zero-order valence-corrected chi connectivity index (χ0v) is 17.8. The Kier molecular flexibility index (Phi) is 13.1. The largest absolute Gasteiger partial charge is 0.349 e. The maximum atomic E-state index is 4.97. The molecular formula is C21H45N3. The molecule has 0 N–H and O–H groups in total. The third kappa shape index (κ3) is 7.90. The maximum absolute atomic E-state index is 4.97. The Balaban J connectivity index is 5.51. The van der Waals surface area contributed by atoms with E-state index in [4.69, 9.17) is 4.99 Å². The molecule has 0 atom stereocenters. The van der Waals surface area contributed by atoms with E-state index < -0.39 is 0 Å². The summed E-state index contributed by atoms with van der Waals surface area (Å²) in [5, 5.41) is 0. The summed E-state index contributed by atoms with van der Waals surface area (Å²) in [6, 6.07) is 0. The molecule has 3 heteroatoms. The van der Waals surface area contributed by atoms with Gasteiger partial charge in [-0.3, -0.25) is 4.99 Å². The summed E-state index contributed by atoms with van der Waals surface area (Å²) in [7, 11) is 6.59. The normalized spacial score (nSPS) is 12.5. The molecule has 144 valence electrons. The quantitative estimate of drug-likeness (QED) is 0.235. The van der Waals surface area contributed by atoms with Crippen molar-refractivity contribution in [2.24, 2.45) is 4.99 Å². The number of nitrogens with zero attached hydrogens (tertiary/aromatic N) is 3. The van der Waals surface area contributed by atoms with Crippen molar-refractivity contribution in [3.8, 4) is 0 Å². The van der Waals surface area contributed by atoms with Crippen LogP contribution >= 0.6 is 0 Å². The predicted octanol–water partition coefficient (Wildman–Crippen LogP) is 5.95. The predicted molar refractivity (Wildman–Crippen MR) is 110 cm³/mol. The van der Waals surface area contributed by atoms with E-state index in [1.165, 1.54) is 76.6 Å². The lowest BCUT2D eigenvalue weighted by molar-refractivity contribution is 0.134.